The third kappa shape index (κ3) is 3.47. The van der Waals surface area contributed by atoms with Gasteiger partial charge in [0.25, 0.3) is 5.91 Å². The molecular weight excluding hydrogens is 274 g/mol. The molecule has 0 aromatic carbocycles. The highest BCUT2D eigenvalue weighted by atomic mass is 32.1. The van der Waals surface area contributed by atoms with Crippen molar-refractivity contribution in [1.29, 1.82) is 0 Å². The Hall–Kier alpha value is -2.10. The van der Waals surface area contributed by atoms with E-state index >= 15 is 0 Å². The number of amides is 1. The number of rotatable bonds is 3. The lowest BCUT2D eigenvalue weighted by molar-refractivity contribution is 0.0951. The van der Waals surface area contributed by atoms with Crippen molar-refractivity contribution in [1.82, 2.24) is 10.3 Å². The topological polar surface area (TPSA) is 81.2 Å². The molecule has 0 aliphatic heterocycles. The average molecular weight is 289 g/mol. The van der Waals surface area contributed by atoms with E-state index in [2.05, 4.69) is 22.1 Å². The predicted octanol–water partition coefficient (Wildman–Crippen LogP) is 1.59. The Kier molecular flexibility index (Phi) is 4.56. The standard InChI is InChI=1S/C14H15N3O2S/c1-9-10(2)19-13(17-9)8-16-14(18)12-6-5-11(20-12)4-3-7-15/h5-6H,7-8,15H2,1-2H3,(H,16,18). The lowest BCUT2D eigenvalue weighted by Gasteiger charge is -1.99. The van der Waals surface area contributed by atoms with E-state index in [1.165, 1.54) is 11.3 Å². The number of oxazole rings is 1. The van der Waals surface area contributed by atoms with E-state index in [0.29, 0.717) is 17.3 Å². The van der Waals surface area contributed by atoms with Crippen LogP contribution in [0.5, 0.6) is 0 Å². The molecule has 2 heterocycles. The SMILES string of the molecule is Cc1nc(CNC(=O)c2ccc(C#CCN)s2)oc1C. The van der Waals surface area contributed by atoms with Crippen molar-refractivity contribution in [3.05, 3.63) is 39.2 Å². The van der Waals surface area contributed by atoms with Gasteiger partial charge in [0.1, 0.15) is 5.76 Å². The minimum absolute atomic E-state index is 0.163. The molecule has 20 heavy (non-hydrogen) atoms. The number of nitrogens with one attached hydrogen (secondary N) is 1. The van der Waals surface area contributed by atoms with E-state index in [4.69, 9.17) is 10.2 Å². The molecule has 0 spiro atoms. The Balaban J connectivity index is 1.96. The van der Waals surface area contributed by atoms with E-state index < -0.39 is 0 Å². The lowest BCUT2D eigenvalue weighted by atomic mass is 10.4. The summed E-state index contributed by atoms with van der Waals surface area (Å²) in [5, 5.41) is 2.77. The second-order valence-corrected chi connectivity index (χ2v) is 5.19. The van der Waals surface area contributed by atoms with Crippen LogP contribution >= 0.6 is 11.3 Å². The molecule has 0 saturated heterocycles. The number of nitrogens with two attached hydrogens (primary N) is 1. The van der Waals surface area contributed by atoms with Gasteiger partial charge in [-0.05, 0) is 26.0 Å². The zero-order valence-electron chi connectivity index (χ0n) is 11.3. The van der Waals surface area contributed by atoms with Gasteiger partial charge in [-0.3, -0.25) is 4.79 Å². The number of carbonyl (C=O) groups is 1. The van der Waals surface area contributed by atoms with Crippen LogP contribution in [-0.2, 0) is 6.54 Å². The van der Waals surface area contributed by atoms with Crippen molar-refractivity contribution >= 4 is 17.2 Å². The van der Waals surface area contributed by atoms with Gasteiger partial charge in [0.2, 0.25) is 5.89 Å². The van der Waals surface area contributed by atoms with Crippen LogP contribution in [0.4, 0.5) is 0 Å². The first-order valence-electron chi connectivity index (χ1n) is 6.10. The maximum atomic E-state index is 12.0. The lowest BCUT2D eigenvalue weighted by Crippen LogP contribution is -2.21. The minimum Gasteiger partial charge on any atom is -0.444 e. The molecule has 0 fully saturated rings. The molecule has 0 aliphatic carbocycles. The highest BCUT2D eigenvalue weighted by Gasteiger charge is 2.11. The molecule has 104 valence electrons. The zero-order chi connectivity index (χ0) is 14.5. The first kappa shape index (κ1) is 14.3. The summed E-state index contributed by atoms with van der Waals surface area (Å²) in [7, 11) is 0. The third-order valence-corrected chi connectivity index (χ3v) is 3.62. The summed E-state index contributed by atoms with van der Waals surface area (Å²) in [5.74, 6) is 6.76. The maximum absolute atomic E-state index is 12.0. The third-order valence-electron chi connectivity index (χ3n) is 2.62. The average Bonchev–Trinajstić information content (AvgIpc) is 3.01. The minimum atomic E-state index is -0.163. The number of hydrogen-bond acceptors (Lipinski definition) is 5. The van der Waals surface area contributed by atoms with E-state index in [1.807, 2.05) is 19.9 Å². The molecule has 0 radical (unpaired) electrons. The first-order chi connectivity index (χ1) is 9.60. The summed E-state index contributed by atoms with van der Waals surface area (Å²) in [6, 6.07) is 3.55. The van der Waals surface area contributed by atoms with Crippen LogP contribution in [0.15, 0.2) is 16.5 Å². The van der Waals surface area contributed by atoms with Crippen LogP contribution in [0.2, 0.25) is 0 Å². The second kappa shape index (κ2) is 6.37. The van der Waals surface area contributed by atoms with Crippen LogP contribution in [0.1, 0.15) is 31.9 Å². The smallest absolute Gasteiger partial charge is 0.261 e. The van der Waals surface area contributed by atoms with Crippen molar-refractivity contribution in [3.8, 4) is 11.8 Å². The van der Waals surface area contributed by atoms with Gasteiger partial charge in [0.05, 0.1) is 28.5 Å². The fraction of sp³-hybridized carbons (Fsp3) is 0.286. The van der Waals surface area contributed by atoms with Gasteiger partial charge in [-0.25, -0.2) is 4.98 Å². The van der Waals surface area contributed by atoms with Gasteiger partial charge in [-0.15, -0.1) is 11.3 Å². The molecule has 1 amide bonds. The van der Waals surface area contributed by atoms with Crippen LogP contribution in [-0.4, -0.2) is 17.4 Å². The van der Waals surface area contributed by atoms with Gasteiger partial charge < -0.3 is 15.5 Å². The summed E-state index contributed by atoms with van der Waals surface area (Å²) >= 11 is 1.33. The Morgan fingerprint density at radius 2 is 2.30 bits per heavy atom. The number of aryl methyl sites for hydroxylation is 2. The molecule has 2 rings (SSSR count). The molecule has 0 saturated carbocycles. The molecule has 0 atom stereocenters. The molecule has 3 N–H and O–H groups in total. The summed E-state index contributed by atoms with van der Waals surface area (Å²) in [6.45, 7) is 4.29. The fourth-order valence-corrected chi connectivity index (χ4v) is 2.32. The molecule has 0 unspecified atom stereocenters. The molecule has 5 nitrogen and oxygen atoms in total. The highest BCUT2D eigenvalue weighted by Crippen LogP contribution is 2.15. The largest absolute Gasteiger partial charge is 0.444 e. The van der Waals surface area contributed by atoms with E-state index in [-0.39, 0.29) is 12.5 Å². The molecule has 6 heteroatoms. The Bertz CT molecular complexity index is 657. The van der Waals surface area contributed by atoms with Crippen LogP contribution in [0.3, 0.4) is 0 Å². The number of thiophene rings is 1. The Morgan fingerprint density at radius 3 is 2.95 bits per heavy atom. The highest BCUT2D eigenvalue weighted by molar-refractivity contribution is 7.14. The zero-order valence-corrected chi connectivity index (χ0v) is 12.1. The van der Waals surface area contributed by atoms with E-state index in [9.17, 15) is 4.79 Å². The monoisotopic (exact) mass is 289 g/mol. The van der Waals surface area contributed by atoms with Gasteiger partial charge >= 0.3 is 0 Å². The normalized spacial score (nSPS) is 9.95. The van der Waals surface area contributed by atoms with Gasteiger partial charge in [0.15, 0.2) is 0 Å². The number of nitrogens with zero attached hydrogens (tertiary/aromatic N) is 1. The number of hydrogen-bond donors (Lipinski definition) is 2. The second-order valence-electron chi connectivity index (χ2n) is 4.10. The van der Waals surface area contributed by atoms with Crippen molar-refractivity contribution in [2.45, 2.75) is 20.4 Å². The Labute approximate surface area is 121 Å². The summed E-state index contributed by atoms with van der Waals surface area (Å²) in [6.07, 6.45) is 0. The van der Waals surface area contributed by atoms with Crippen LogP contribution in [0.25, 0.3) is 0 Å². The molecule has 2 aromatic rings. The maximum Gasteiger partial charge on any atom is 0.261 e. The number of carbonyl (C=O) groups excluding carboxylic acids is 1. The van der Waals surface area contributed by atoms with Gasteiger partial charge in [-0.2, -0.15) is 0 Å². The predicted molar refractivity (Wildman–Crippen MR) is 77.4 cm³/mol. The summed E-state index contributed by atoms with van der Waals surface area (Å²) in [5.41, 5.74) is 6.14. The van der Waals surface area contributed by atoms with Crippen molar-refractivity contribution in [3.63, 3.8) is 0 Å². The van der Waals surface area contributed by atoms with Crippen molar-refractivity contribution in [2.24, 2.45) is 5.73 Å². The van der Waals surface area contributed by atoms with Crippen molar-refractivity contribution < 1.29 is 9.21 Å². The summed E-state index contributed by atoms with van der Waals surface area (Å²) < 4.78 is 5.40. The van der Waals surface area contributed by atoms with E-state index in [1.54, 1.807) is 6.07 Å². The number of aromatic nitrogens is 1. The van der Waals surface area contributed by atoms with Crippen LogP contribution in [0, 0.1) is 25.7 Å². The molecule has 0 aliphatic rings. The van der Waals surface area contributed by atoms with Crippen LogP contribution < -0.4 is 11.1 Å². The molecule has 0 bridgehead atoms. The Morgan fingerprint density at radius 1 is 1.50 bits per heavy atom. The molecule has 2 aromatic heterocycles. The van der Waals surface area contributed by atoms with Gasteiger partial charge in [-0.1, -0.05) is 11.8 Å². The van der Waals surface area contributed by atoms with E-state index in [0.717, 1.165) is 16.3 Å². The summed E-state index contributed by atoms with van der Waals surface area (Å²) in [4.78, 5) is 17.6. The molecular formula is C14H15N3O2S. The quantitative estimate of drug-likeness (QED) is 0.841. The van der Waals surface area contributed by atoms with Crippen molar-refractivity contribution in [2.75, 3.05) is 6.54 Å². The fourth-order valence-electron chi connectivity index (χ4n) is 1.52. The first-order valence-corrected chi connectivity index (χ1v) is 6.91. The van der Waals surface area contributed by atoms with Gasteiger partial charge in [0, 0.05) is 0 Å².